The molecule has 2 heterocycles. The molecule has 0 atom stereocenters. The number of hydrogen-bond donors (Lipinski definition) is 1. The maximum Gasteiger partial charge on any atom is 0.213 e. The van der Waals surface area contributed by atoms with Crippen molar-refractivity contribution >= 4 is 38.3 Å². The summed E-state index contributed by atoms with van der Waals surface area (Å²) in [6, 6.07) is 15.6. The second-order valence-electron chi connectivity index (χ2n) is 5.34. The van der Waals surface area contributed by atoms with E-state index in [1.54, 1.807) is 0 Å². The van der Waals surface area contributed by atoms with Crippen LogP contribution in [0.2, 0.25) is 0 Å². The number of H-pyrrole nitrogens is 1. The molecule has 0 saturated carbocycles. The number of aromatic nitrogens is 1. The van der Waals surface area contributed by atoms with Crippen LogP contribution >= 0.6 is 15.9 Å². The predicted molar refractivity (Wildman–Crippen MR) is 91.9 cm³/mol. The minimum absolute atomic E-state index is 0.0335. The number of para-hydroxylation sites is 1. The van der Waals surface area contributed by atoms with Crippen molar-refractivity contribution in [3.63, 3.8) is 0 Å². The molecule has 1 aliphatic heterocycles. The van der Waals surface area contributed by atoms with E-state index in [4.69, 9.17) is 0 Å². The maximum absolute atomic E-state index is 12.8. The van der Waals surface area contributed by atoms with E-state index in [1.807, 2.05) is 42.5 Å². The summed E-state index contributed by atoms with van der Waals surface area (Å²) in [6.45, 7) is 0.657. The molecule has 0 fully saturated rings. The average Bonchev–Trinajstić information content (AvgIpc) is 2.93. The van der Waals surface area contributed by atoms with Crippen molar-refractivity contribution < 1.29 is 4.79 Å². The van der Waals surface area contributed by atoms with Crippen molar-refractivity contribution in [2.45, 2.75) is 6.42 Å². The third kappa shape index (κ3) is 2.11. The van der Waals surface area contributed by atoms with Crippen LogP contribution in [0.25, 0.3) is 10.9 Å². The van der Waals surface area contributed by atoms with Gasteiger partial charge in [0.15, 0.2) is 0 Å². The first-order chi connectivity index (χ1) is 10.7. The molecule has 3 aromatic rings. The van der Waals surface area contributed by atoms with E-state index in [-0.39, 0.29) is 5.78 Å². The molecule has 0 radical (unpaired) electrons. The zero-order chi connectivity index (χ0) is 15.1. The number of carbonyl (C=O) groups excluding carboxylic acids is 1. The number of aromatic amines is 1. The molecule has 22 heavy (non-hydrogen) atoms. The molecule has 0 bridgehead atoms. The van der Waals surface area contributed by atoms with Gasteiger partial charge in [-0.05, 0) is 30.2 Å². The Labute approximate surface area is 136 Å². The van der Waals surface area contributed by atoms with Crippen LogP contribution in [-0.2, 0) is 6.42 Å². The molecule has 0 saturated heterocycles. The van der Waals surface area contributed by atoms with Crippen LogP contribution in [-0.4, -0.2) is 23.0 Å². The summed E-state index contributed by atoms with van der Waals surface area (Å²) in [4.78, 5) is 20.7. The molecule has 1 aliphatic rings. The number of halogens is 1. The van der Waals surface area contributed by atoms with Crippen LogP contribution in [0.4, 0.5) is 0 Å². The van der Waals surface area contributed by atoms with Crippen LogP contribution in [0.1, 0.15) is 21.6 Å². The highest BCUT2D eigenvalue weighted by Crippen LogP contribution is 2.27. The number of fused-ring (bicyclic) bond motifs is 3. The monoisotopic (exact) mass is 352 g/mol. The van der Waals surface area contributed by atoms with Crippen molar-refractivity contribution in [2.24, 2.45) is 4.99 Å². The van der Waals surface area contributed by atoms with E-state index in [0.29, 0.717) is 17.8 Å². The number of hydrogen-bond acceptors (Lipinski definition) is 2. The smallest absolute Gasteiger partial charge is 0.213 e. The normalized spacial score (nSPS) is 13.8. The second-order valence-corrected chi connectivity index (χ2v) is 6.26. The number of Topliss-reactive ketones (excluding diaryl/α,β-unsaturated/α-hetero) is 1. The van der Waals surface area contributed by atoms with Gasteiger partial charge in [-0.15, -0.1) is 0 Å². The summed E-state index contributed by atoms with van der Waals surface area (Å²) in [5, 5.41) is 1.19. The van der Waals surface area contributed by atoms with Gasteiger partial charge in [-0.2, -0.15) is 0 Å². The minimum Gasteiger partial charge on any atom is -0.353 e. The van der Waals surface area contributed by atoms with Crippen molar-refractivity contribution in [3.05, 3.63) is 69.8 Å². The Morgan fingerprint density at radius 1 is 1.14 bits per heavy atom. The summed E-state index contributed by atoms with van der Waals surface area (Å²) < 4.78 is 0.895. The Balaban J connectivity index is 1.84. The van der Waals surface area contributed by atoms with Crippen LogP contribution in [0.5, 0.6) is 0 Å². The van der Waals surface area contributed by atoms with Gasteiger partial charge in [0.2, 0.25) is 5.78 Å². The first-order valence-corrected chi connectivity index (χ1v) is 7.98. The summed E-state index contributed by atoms with van der Waals surface area (Å²) in [7, 11) is 0. The largest absolute Gasteiger partial charge is 0.353 e. The lowest BCUT2D eigenvalue weighted by atomic mass is 9.97. The lowest BCUT2D eigenvalue weighted by molar-refractivity contribution is 0.106. The van der Waals surface area contributed by atoms with Gasteiger partial charge >= 0.3 is 0 Å². The number of ketones is 1. The number of carbonyl (C=O) groups is 1. The number of aliphatic imine (C=N–C) groups is 1. The molecule has 108 valence electrons. The summed E-state index contributed by atoms with van der Waals surface area (Å²) >= 11 is 3.41. The molecular weight excluding hydrogens is 340 g/mol. The SMILES string of the molecule is O=C(C1=NCCc2c1[nH]c1ccccc21)c1cccc(Br)c1. The van der Waals surface area contributed by atoms with Gasteiger partial charge in [-0.3, -0.25) is 9.79 Å². The lowest BCUT2D eigenvalue weighted by Gasteiger charge is -2.12. The van der Waals surface area contributed by atoms with Gasteiger partial charge in [0, 0.05) is 27.5 Å². The Morgan fingerprint density at radius 3 is 2.86 bits per heavy atom. The van der Waals surface area contributed by atoms with Gasteiger partial charge in [-0.1, -0.05) is 46.3 Å². The van der Waals surface area contributed by atoms with Crippen molar-refractivity contribution in [1.82, 2.24) is 4.98 Å². The number of nitrogens with one attached hydrogen (secondary N) is 1. The first kappa shape index (κ1) is 13.5. The molecule has 0 aliphatic carbocycles. The van der Waals surface area contributed by atoms with Gasteiger partial charge in [0.05, 0.1) is 5.69 Å². The topological polar surface area (TPSA) is 45.2 Å². The average molecular weight is 353 g/mol. The van der Waals surface area contributed by atoms with Gasteiger partial charge in [0.1, 0.15) is 5.71 Å². The Kier molecular flexibility index (Phi) is 3.19. The third-order valence-corrected chi connectivity index (χ3v) is 4.48. The van der Waals surface area contributed by atoms with Crippen molar-refractivity contribution in [1.29, 1.82) is 0 Å². The summed E-state index contributed by atoms with van der Waals surface area (Å²) in [6.07, 6.45) is 0.870. The van der Waals surface area contributed by atoms with E-state index >= 15 is 0 Å². The van der Waals surface area contributed by atoms with Crippen LogP contribution < -0.4 is 0 Å². The molecule has 2 aromatic carbocycles. The predicted octanol–water partition coefficient (Wildman–Crippen LogP) is 4.16. The molecule has 1 N–H and O–H groups in total. The molecular formula is C18H13BrN2O. The highest BCUT2D eigenvalue weighted by Gasteiger charge is 2.25. The van der Waals surface area contributed by atoms with E-state index in [1.165, 1.54) is 10.9 Å². The maximum atomic E-state index is 12.8. The van der Waals surface area contributed by atoms with Crippen LogP contribution in [0.15, 0.2) is 58.0 Å². The van der Waals surface area contributed by atoms with Gasteiger partial charge < -0.3 is 4.98 Å². The highest BCUT2D eigenvalue weighted by atomic mass is 79.9. The quantitative estimate of drug-likeness (QED) is 0.691. The molecule has 3 nitrogen and oxygen atoms in total. The van der Waals surface area contributed by atoms with E-state index in [0.717, 1.165) is 22.1 Å². The second kappa shape index (κ2) is 5.21. The molecule has 0 unspecified atom stereocenters. The van der Waals surface area contributed by atoms with E-state index in [9.17, 15) is 4.79 Å². The summed E-state index contributed by atoms with van der Waals surface area (Å²) in [5.74, 6) is -0.0335. The third-order valence-electron chi connectivity index (χ3n) is 3.98. The standard InChI is InChI=1S/C18H13BrN2O/c19-12-5-3-4-11(10-12)18(22)17-16-14(8-9-20-17)13-6-1-2-7-15(13)21-16/h1-7,10,21H,8-9H2. The first-order valence-electron chi connectivity index (χ1n) is 7.19. The van der Waals surface area contributed by atoms with E-state index in [2.05, 4.69) is 32.0 Å². The van der Waals surface area contributed by atoms with Crippen LogP contribution in [0, 0.1) is 0 Å². The molecule has 1 aromatic heterocycles. The molecule has 0 amide bonds. The van der Waals surface area contributed by atoms with Crippen LogP contribution in [0.3, 0.4) is 0 Å². The molecule has 0 spiro atoms. The minimum atomic E-state index is -0.0335. The fourth-order valence-electron chi connectivity index (χ4n) is 2.97. The zero-order valence-corrected chi connectivity index (χ0v) is 13.4. The number of benzene rings is 2. The fraction of sp³-hybridized carbons (Fsp3) is 0.111. The highest BCUT2D eigenvalue weighted by molar-refractivity contribution is 9.10. The fourth-order valence-corrected chi connectivity index (χ4v) is 3.37. The Hall–Kier alpha value is -2.20. The zero-order valence-electron chi connectivity index (χ0n) is 11.8. The van der Waals surface area contributed by atoms with Gasteiger partial charge in [0.25, 0.3) is 0 Å². The summed E-state index contributed by atoms with van der Waals surface area (Å²) in [5.41, 5.74) is 4.32. The Morgan fingerprint density at radius 2 is 2.00 bits per heavy atom. The molecule has 4 heteroatoms. The Bertz CT molecular complexity index is 924. The number of rotatable bonds is 2. The van der Waals surface area contributed by atoms with Gasteiger partial charge in [-0.25, -0.2) is 0 Å². The lowest BCUT2D eigenvalue weighted by Crippen LogP contribution is -2.22. The molecule has 4 rings (SSSR count). The van der Waals surface area contributed by atoms with Crippen molar-refractivity contribution in [3.8, 4) is 0 Å². The van der Waals surface area contributed by atoms with E-state index < -0.39 is 0 Å². The number of nitrogens with zero attached hydrogens (tertiary/aromatic N) is 1. The van der Waals surface area contributed by atoms with Crippen molar-refractivity contribution in [2.75, 3.05) is 6.54 Å².